The van der Waals surface area contributed by atoms with Crippen molar-refractivity contribution >= 4 is 33.7 Å². The van der Waals surface area contributed by atoms with Crippen molar-refractivity contribution < 1.29 is 9.53 Å². The molecule has 0 radical (unpaired) electrons. The normalized spacial score (nSPS) is 10.5. The van der Waals surface area contributed by atoms with Crippen LogP contribution in [0.3, 0.4) is 0 Å². The van der Waals surface area contributed by atoms with Crippen molar-refractivity contribution in [1.29, 1.82) is 0 Å². The van der Waals surface area contributed by atoms with Gasteiger partial charge in [-0.3, -0.25) is 9.36 Å². The summed E-state index contributed by atoms with van der Waals surface area (Å²) in [4.78, 5) is 11.4. The summed E-state index contributed by atoms with van der Waals surface area (Å²) >= 11 is 4.92. The Labute approximate surface area is 148 Å². The first-order valence-corrected chi connectivity index (χ1v) is 9.02. The highest BCUT2D eigenvalue weighted by molar-refractivity contribution is 9.10. The van der Waals surface area contributed by atoms with E-state index in [1.807, 2.05) is 28.8 Å². The maximum absolute atomic E-state index is 11.4. The van der Waals surface area contributed by atoms with Crippen molar-refractivity contribution in [2.24, 2.45) is 0 Å². The molecule has 0 spiro atoms. The van der Waals surface area contributed by atoms with E-state index in [9.17, 15) is 4.79 Å². The maximum Gasteiger partial charge on any atom is 0.306 e. The Balaban J connectivity index is 2.13. The highest BCUT2D eigenvalue weighted by Crippen LogP contribution is 2.25. The van der Waals surface area contributed by atoms with E-state index in [4.69, 9.17) is 4.74 Å². The van der Waals surface area contributed by atoms with Crippen LogP contribution in [0.5, 0.6) is 0 Å². The number of esters is 1. The van der Waals surface area contributed by atoms with E-state index in [2.05, 4.69) is 32.7 Å². The smallest absolute Gasteiger partial charge is 0.306 e. The molecule has 1 heterocycles. The van der Waals surface area contributed by atoms with Crippen LogP contribution in [0.1, 0.15) is 13.3 Å². The van der Waals surface area contributed by atoms with Crippen LogP contribution in [0.4, 0.5) is 0 Å². The third-order valence-electron chi connectivity index (χ3n) is 2.97. The first kappa shape index (κ1) is 17.7. The largest absolute Gasteiger partial charge is 0.466 e. The van der Waals surface area contributed by atoms with Crippen LogP contribution >= 0.6 is 27.7 Å². The molecule has 0 aliphatic rings. The number of hydrogen-bond acceptors (Lipinski definition) is 5. The summed E-state index contributed by atoms with van der Waals surface area (Å²) < 4.78 is 7.93. The van der Waals surface area contributed by atoms with Crippen LogP contribution in [0, 0.1) is 0 Å². The average Bonchev–Trinajstić information content (AvgIpc) is 2.92. The molecule has 0 unspecified atom stereocenters. The number of carbonyl (C=O) groups is 1. The highest BCUT2D eigenvalue weighted by atomic mass is 79.9. The Bertz CT molecular complexity index is 670. The first-order chi connectivity index (χ1) is 11.2. The van der Waals surface area contributed by atoms with Gasteiger partial charge in [0.2, 0.25) is 0 Å². The molecule has 0 saturated heterocycles. The molecule has 0 aliphatic heterocycles. The van der Waals surface area contributed by atoms with Gasteiger partial charge in [-0.1, -0.05) is 45.9 Å². The Morgan fingerprint density at radius 2 is 2.13 bits per heavy atom. The molecular formula is C16H18BrN3O2S. The molecule has 122 valence electrons. The monoisotopic (exact) mass is 395 g/mol. The number of benzene rings is 1. The van der Waals surface area contributed by atoms with Gasteiger partial charge in [0.05, 0.1) is 13.0 Å². The van der Waals surface area contributed by atoms with Crippen LogP contribution in [-0.2, 0) is 16.1 Å². The summed E-state index contributed by atoms with van der Waals surface area (Å²) in [7, 11) is 0. The van der Waals surface area contributed by atoms with Crippen LogP contribution in [0.25, 0.3) is 11.4 Å². The van der Waals surface area contributed by atoms with Gasteiger partial charge in [0, 0.05) is 22.3 Å². The second-order valence-corrected chi connectivity index (χ2v) is 6.59. The molecule has 0 amide bonds. The lowest BCUT2D eigenvalue weighted by Gasteiger charge is -2.07. The third-order valence-corrected chi connectivity index (χ3v) is 4.47. The van der Waals surface area contributed by atoms with Gasteiger partial charge in [0.15, 0.2) is 11.0 Å². The Hall–Kier alpha value is -1.60. The van der Waals surface area contributed by atoms with Crippen molar-refractivity contribution in [1.82, 2.24) is 14.8 Å². The van der Waals surface area contributed by atoms with E-state index in [-0.39, 0.29) is 5.97 Å². The molecule has 2 rings (SSSR count). The van der Waals surface area contributed by atoms with Crippen molar-refractivity contribution in [3.8, 4) is 11.4 Å². The summed E-state index contributed by atoms with van der Waals surface area (Å²) in [6.45, 7) is 6.61. The molecular weight excluding hydrogens is 378 g/mol. The number of halogens is 1. The molecule has 0 atom stereocenters. The molecule has 0 N–H and O–H groups in total. The minimum absolute atomic E-state index is 0.192. The molecule has 0 fully saturated rings. The number of hydrogen-bond donors (Lipinski definition) is 0. The lowest BCUT2D eigenvalue weighted by atomic mass is 10.2. The molecule has 5 nitrogen and oxygen atoms in total. The van der Waals surface area contributed by atoms with Gasteiger partial charge in [-0.05, 0) is 19.1 Å². The van der Waals surface area contributed by atoms with Crippen LogP contribution in [0.15, 0.2) is 46.5 Å². The predicted octanol–water partition coefficient (Wildman–Crippen LogP) is 3.94. The first-order valence-electron chi connectivity index (χ1n) is 7.24. The average molecular weight is 396 g/mol. The van der Waals surface area contributed by atoms with Gasteiger partial charge in [-0.15, -0.1) is 16.8 Å². The number of nitrogens with zero attached hydrogens (tertiary/aromatic N) is 3. The molecule has 2 aromatic rings. The maximum atomic E-state index is 11.4. The number of ether oxygens (including phenoxy) is 1. The Morgan fingerprint density at radius 1 is 1.39 bits per heavy atom. The van der Waals surface area contributed by atoms with Gasteiger partial charge in [0.1, 0.15) is 0 Å². The standard InChI is InChI=1S/C16H18BrN3O2S/c1-3-10-20-15(12-5-7-13(17)8-6-12)18-19-16(20)23-11-9-14(21)22-4-2/h3,5-8H,1,4,9-11H2,2H3. The number of aromatic nitrogens is 3. The zero-order chi connectivity index (χ0) is 16.7. The predicted molar refractivity (Wildman–Crippen MR) is 95.3 cm³/mol. The minimum atomic E-state index is -0.192. The summed E-state index contributed by atoms with van der Waals surface area (Å²) in [5.74, 6) is 1.20. The van der Waals surface area contributed by atoms with Crippen LogP contribution in [0.2, 0.25) is 0 Å². The second kappa shape index (κ2) is 8.88. The lowest BCUT2D eigenvalue weighted by molar-refractivity contribution is -0.142. The van der Waals surface area contributed by atoms with E-state index in [1.54, 1.807) is 13.0 Å². The van der Waals surface area contributed by atoms with Crippen LogP contribution in [-0.4, -0.2) is 33.1 Å². The molecule has 1 aromatic heterocycles. The number of carbonyl (C=O) groups excluding carboxylic acids is 1. The van der Waals surface area contributed by atoms with Crippen molar-refractivity contribution in [2.45, 2.75) is 25.0 Å². The van der Waals surface area contributed by atoms with Crippen LogP contribution < -0.4 is 0 Å². The molecule has 0 bridgehead atoms. The van der Waals surface area contributed by atoms with E-state index in [1.165, 1.54) is 11.8 Å². The molecule has 1 aromatic carbocycles. The fourth-order valence-electron chi connectivity index (χ4n) is 1.96. The van der Waals surface area contributed by atoms with E-state index >= 15 is 0 Å². The number of thioether (sulfide) groups is 1. The minimum Gasteiger partial charge on any atom is -0.466 e. The quantitative estimate of drug-likeness (QED) is 0.384. The fraction of sp³-hybridized carbons (Fsp3) is 0.312. The third kappa shape index (κ3) is 4.94. The Kier molecular flexibility index (Phi) is 6.85. The zero-order valence-corrected chi connectivity index (χ0v) is 15.3. The topological polar surface area (TPSA) is 57.0 Å². The SMILES string of the molecule is C=CCn1c(SCCC(=O)OCC)nnc1-c1ccc(Br)cc1. The summed E-state index contributed by atoms with van der Waals surface area (Å²) in [5.41, 5.74) is 0.986. The molecule has 7 heteroatoms. The lowest BCUT2D eigenvalue weighted by Crippen LogP contribution is -2.06. The number of rotatable bonds is 8. The van der Waals surface area contributed by atoms with Crippen molar-refractivity contribution in [3.05, 3.63) is 41.4 Å². The van der Waals surface area contributed by atoms with Gasteiger partial charge >= 0.3 is 5.97 Å². The van der Waals surface area contributed by atoms with Crippen molar-refractivity contribution in [3.63, 3.8) is 0 Å². The van der Waals surface area contributed by atoms with Gasteiger partial charge in [-0.25, -0.2) is 0 Å². The molecule has 0 saturated carbocycles. The van der Waals surface area contributed by atoms with E-state index < -0.39 is 0 Å². The van der Waals surface area contributed by atoms with E-state index in [0.29, 0.717) is 25.3 Å². The van der Waals surface area contributed by atoms with Crippen molar-refractivity contribution in [2.75, 3.05) is 12.4 Å². The van der Waals surface area contributed by atoms with Gasteiger partial charge < -0.3 is 4.74 Å². The van der Waals surface area contributed by atoms with Gasteiger partial charge in [0.25, 0.3) is 0 Å². The summed E-state index contributed by atoms with van der Waals surface area (Å²) in [6, 6.07) is 7.91. The number of allylic oxidation sites excluding steroid dienone is 1. The molecule has 23 heavy (non-hydrogen) atoms. The Morgan fingerprint density at radius 3 is 2.78 bits per heavy atom. The fourth-order valence-corrected chi connectivity index (χ4v) is 3.09. The van der Waals surface area contributed by atoms with Gasteiger partial charge in [-0.2, -0.15) is 0 Å². The molecule has 0 aliphatic carbocycles. The zero-order valence-electron chi connectivity index (χ0n) is 12.9. The summed E-state index contributed by atoms with van der Waals surface area (Å²) in [6.07, 6.45) is 2.16. The summed E-state index contributed by atoms with van der Waals surface area (Å²) in [5, 5.41) is 9.29. The highest BCUT2D eigenvalue weighted by Gasteiger charge is 2.14. The van der Waals surface area contributed by atoms with E-state index in [0.717, 1.165) is 21.0 Å². The second-order valence-electron chi connectivity index (χ2n) is 4.62.